The molecule has 0 saturated carbocycles. The lowest BCUT2D eigenvalue weighted by atomic mass is 10.1. The molecule has 1 heterocycles. The van der Waals surface area contributed by atoms with Gasteiger partial charge in [-0.05, 0) is 29.7 Å². The third-order valence-corrected chi connectivity index (χ3v) is 3.41. The number of hydrogen-bond donors (Lipinski definition) is 1. The molecule has 2 rings (SSSR count). The summed E-state index contributed by atoms with van der Waals surface area (Å²) < 4.78 is 9.85. The number of nitrogens with zero attached hydrogens (tertiary/aromatic N) is 1. The van der Waals surface area contributed by atoms with Gasteiger partial charge >= 0.3 is 0 Å². The van der Waals surface area contributed by atoms with Gasteiger partial charge in [-0.25, -0.2) is 0 Å². The predicted molar refractivity (Wildman–Crippen MR) is 76.1 cm³/mol. The highest BCUT2D eigenvalue weighted by atomic mass is 32.1. The van der Waals surface area contributed by atoms with Gasteiger partial charge in [0.25, 0.3) is 0 Å². The van der Waals surface area contributed by atoms with E-state index in [0.29, 0.717) is 6.04 Å². The van der Waals surface area contributed by atoms with Gasteiger partial charge in [0, 0.05) is 23.0 Å². The molecule has 3 nitrogen and oxygen atoms in total. The number of aromatic nitrogens is 1. The lowest BCUT2D eigenvalue weighted by molar-refractivity contribution is 0.416. The molecule has 1 aromatic heterocycles. The Morgan fingerprint density at radius 2 is 2.11 bits per heavy atom. The van der Waals surface area contributed by atoms with Gasteiger partial charge in [-0.15, -0.1) is 0 Å². The summed E-state index contributed by atoms with van der Waals surface area (Å²) in [6.45, 7) is 5.15. The maximum atomic E-state index is 5.36. The van der Waals surface area contributed by atoms with Crippen molar-refractivity contribution in [1.29, 1.82) is 0 Å². The van der Waals surface area contributed by atoms with E-state index in [1.54, 1.807) is 7.11 Å². The largest absolute Gasteiger partial charge is 0.496 e. The van der Waals surface area contributed by atoms with E-state index in [2.05, 4.69) is 29.6 Å². The average Bonchev–Trinajstić information content (AvgIpc) is 2.85. The average molecular weight is 262 g/mol. The smallest absolute Gasteiger partial charge is 0.128 e. The fraction of sp³-hybridized carbons (Fsp3) is 0.357. The van der Waals surface area contributed by atoms with Crippen LogP contribution in [0.25, 0.3) is 11.3 Å². The highest BCUT2D eigenvalue weighted by Crippen LogP contribution is 2.30. The van der Waals surface area contributed by atoms with Crippen LogP contribution in [0.2, 0.25) is 0 Å². The fourth-order valence-corrected chi connectivity index (χ4v) is 2.36. The van der Waals surface area contributed by atoms with Gasteiger partial charge in [-0.1, -0.05) is 26.0 Å². The summed E-state index contributed by atoms with van der Waals surface area (Å²) >= 11 is 1.54. The molecule has 1 N–H and O–H groups in total. The number of hydrogen-bond acceptors (Lipinski definition) is 4. The Morgan fingerprint density at radius 1 is 1.33 bits per heavy atom. The van der Waals surface area contributed by atoms with Gasteiger partial charge in [0.05, 0.1) is 12.8 Å². The molecule has 96 valence electrons. The van der Waals surface area contributed by atoms with E-state index in [4.69, 9.17) is 4.74 Å². The first-order chi connectivity index (χ1) is 8.70. The SMILES string of the molecule is COc1ccccc1-c1cc(CNC(C)C)sn1. The second-order valence-corrected chi connectivity index (χ2v) is 5.30. The van der Waals surface area contributed by atoms with Crippen molar-refractivity contribution in [2.75, 3.05) is 7.11 Å². The summed E-state index contributed by atoms with van der Waals surface area (Å²) in [6, 6.07) is 10.6. The highest BCUT2D eigenvalue weighted by Gasteiger charge is 2.09. The number of rotatable bonds is 5. The van der Waals surface area contributed by atoms with E-state index in [-0.39, 0.29) is 0 Å². The number of methoxy groups -OCH3 is 1. The third-order valence-electron chi connectivity index (χ3n) is 2.63. The van der Waals surface area contributed by atoms with Crippen molar-refractivity contribution >= 4 is 11.5 Å². The second kappa shape index (κ2) is 5.98. The Balaban J connectivity index is 2.18. The standard InChI is InChI=1S/C14H18N2OS/c1-10(2)15-9-11-8-13(16-18-11)12-6-4-5-7-14(12)17-3/h4-8,10,15H,9H2,1-3H3. The molecule has 0 atom stereocenters. The van der Waals surface area contributed by atoms with Gasteiger partial charge in [0.15, 0.2) is 0 Å². The van der Waals surface area contributed by atoms with Gasteiger partial charge < -0.3 is 10.1 Å². The first kappa shape index (κ1) is 13.1. The number of para-hydroxylation sites is 1. The molecule has 0 aliphatic rings. The van der Waals surface area contributed by atoms with Crippen LogP contribution >= 0.6 is 11.5 Å². The van der Waals surface area contributed by atoms with E-state index in [1.165, 1.54) is 16.4 Å². The van der Waals surface area contributed by atoms with Crippen LogP contribution in [-0.2, 0) is 6.54 Å². The minimum Gasteiger partial charge on any atom is -0.496 e. The predicted octanol–water partition coefficient (Wildman–Crippen LogP) is 3.32. The minimum absolute atomic E-state index is 0.488. The van der Waals surface area contributed by atoms with Crippen LogP contribution in [-0.4, -0.2) is 17.5 Å². The van der Waals surface area contributed by atoms with Gasteiger partial charge in [-0.3, -0.25) is 0 Å². The zero-order valence-electron chi connectivity index (χ0n) is 10.9. The molecule has 0 radical (unpaired) electrons. The van der Waals surface area contributed by atoms with Gasteiger partial charge in [-0.2, -0.15) is 4.37 Å². The molecule has 1 aromatic carbocycles. The monoisotopic (exact) mass is 262 g/mol. The molecule has 0 bridgehead atoms. The molecule has 0 fully saturated rings. The Labute approximate surface area is 112 Å². The van der Waals surface area contributed by atoms with E-state index in [9.17, 15) is 0 Å². The molecule has 18 heavy (non-hydrogen) atoms. The Bertz CT molecular complexity index is 508. The number of benzene rings is 1. The summed E-state index contributed by atoms with van der Waals surface area (Å²) in [4.78, 5) is 1.24. The Kier molecular flexibility index (Phi) is 4.33. The minimum atomic E-state index is 0.488. The molecule has 0 amide bonds. The zero-order chi connectivity index (χ0) is 13.0. The molecule has 2 aromatic rings. The number of ether oxygens (including phenoxy) is 1. The van der Waals surface area contributed by atoms with Crippen LogP contribution in [0.1, 0.15) is 18.7 Å². The molecule has 0 aliphatic carbocycles. The van der Waals surface area contributed by atoms with Crippen molar-refractivity contribution in [2.24, 2.45) is 0 Å². The van der Waals surface area contributed by atoms with Crippen LogP contribution in [0.3, 0.4) is 0 Å². The van der Waals surface area contributed by atoms with Crippen molar-refractivity contribution < 1.29 is 4.74 Å². The first-order valence-corrected chi connectivity index (χ1v) is 6.80. The first-order valence-electron chi connectivity index (χ1n) is 6.03. The van der Waals surface area contributed by atoms with Crippen molar-refractivity contribution in [3.63, 3.8) is 0 Å². The van der Waals surface area contributed by atoms with E-state index >= 15 is 0 Å². The molecular formula is C14H18N2OS. The van der Waals surface area contributed by atoms with Crippen LogP contribution in [0.5, 0.6) is 5.75 Å². The summed E-state index contributed by atoms with van der Waals surface area (Å²) in [7, 11) is 1.69. The normalized spacial score (nSPS) is 10.9. The van der Waals surface area contributed by atoms with Crippen molar-refractivity contribution in [2.45, 2.75) is 26.4 Å². The molecule has 0 spiro atoms. The quantitative estimate of drug-likeness (QED) is 0.897. The summed E-state index contributed by atoms with van der Waals surface area (Å²) in [5, 5.41) is 3.39. The number of nitrogens with one attached hydrogen (secondary N) is 1. The van der Waals surface area contributed by atoms with Crippen LogP contribution < -0.4 is 10.1 Å². The summed E-state index contributed by atoms with van der Waals surface area (Å²) in [5.74, 6) is 0.867. The van der Waals surface area contributed by atoms with Crippen LogP contribution in [0.15, 0.2) is 30.3 Å². The van der Waals surface area contributed by atoms with E-state index in [0.717, 1.165) is 23.6 Å². The van der Waals surface area contributed by atoms with Gasteiger partial charge in [0.2, 0.25) is 0 Å². The fourth-order valence-electron chi connectivity index (χ4n) is 1.68. The van der Waals surface area contributed by atoms with E-state index in [1.807, 2.05) is 24.3 Å². The lowest BCUT2D eigenvalue weighted by Gasteiger charge is -2.05. The molecule has 4 heteroatoms. The van der Waals surface area contributed by atoms with Crippen molar-refractivity contribution in [3.8, 4) is 17.0 Å². The molecule has 0 saturated heterocycles. The lowest BCUT2D eigenvalue weighted by Crippen LogP contribution is -2.21. The third kappa shape index (κ3) is 3.09. The Hall–Kier alpha value is -1.39. The summed E-state index contributed by atoms with van der Waals surface area (Å²) in [5.41, 5.74) is 2.03. The van der Waals surface area contributed by atoms with Crippen molar-refractivity contribution in [1.82, 2.24) is 9.69 Å². The topological polar surface area (TPSA) is 34.1 Å². The molecule has 0 aliphatic heterocycles. The molecule has 0 unspecified atom stereocenters. The van der Waals surface area contributed by atoms with Crippen LogP contribution in [0, 0.1) is 0 Å². The maximum Gasteiger partial charge on any atom is 0.128 e. The molecular weight excluding hydrogens is 244 g/mol. The second-order valence-electron chi connectivity index (χ2n) is 4.41. The van der Waals surface area contributed by atoms with Gasteiger partial charge in [0.1, 0.15) is 5.75 Å². The zero-order valence-corrected chi connectivity index (χ0v) is 11.8. The highest BCUT2D eigenvalue weighted by molar-refractivity contribution is 7.06. The van der Waals surface area contributed by atoms with Crippen LogP contribution in [0.4, 0.5) is 0 Å². The summed E-state index contributed by atoms with van der Waals surface area (Å²) in [6.07, 6.45) is 0. The maximum absolute atomic E-state index is 5.36. The van der Waals surface area contributed by atoms with Crippen molar-refractivity contribution in [3.05, 3.63) is 35.2 Å². The van der Waals surface area contributed by atoms with E-state index < -0.39 is 0 Å². The Morgan fingerprint density at radius 3 is 2.83 bits per heavy atom.